The van der Waals surface area contributed by atoms with Gasteiger partial charge >= 0.3 is 0 Å². The lowest BCUT2D eigenvalue weighted by Gasteiger charge is -2.09. The summed E-state index contributed by atoms with van der Waals surface area (Å²) in [6.45, 7) is 3.56. The summed E-state index contributed by atoms with van der Waals surface area (Å²) in [6, 6.07) is 16.7. The number of hydrogen-bond acceptors (Lipinski definition) is 2. The van der Waals surface area contributed by atoms with Crippen molar-refractivity contribution in [1.82, 2.24) is 0 Å². The molecule has 2 aromatic rings. The SMILES string of the molecule is Cc1ccccc1NCc1ccc(CN)cc1. The van der Waals surface area contributed by atoms with E-state index in [1.807, 2.05) is 6.07 Å². The molecule has 2 rings (SSSR count). The smallest absolute Gasteiger partial charge is 0.0400 e. The Labute approximate surface area is 102 Å². The van der Waals surface area contributed by atoms with E-state index in [0.717, 1.165) is 6.54 Å². The van der Waals surface area contributed by atoms with Crippen molar-refractivity contribution in [3.63, 3.8) is 0 Å². The quantitative estimate of drug-likeness (QED) is 0.840. The van der Waals surface area contributed by atoms with Crippen LogP contribution in [0, 0.1) is 6.92 Å². The maximum Gasteiger partial charge on any atom is 0.0400 e. The van der Waals surface area contributed by atoms with Crippen molar-refractivity contribution in [1.29, 1.82) is 0 Å². The number of para-hydroxylation sites is 1. The molecule has 2 heteroatoms. The monoisotopic (exact) mass is 226 g/mol. The number of nitrogens with two attached hydrogens (primary N) is 1. The van der Waals surface area contributed by atoms with Gasteiger partial charge in [-0.2, -0.15) is 0 Å². The van der Waals surface area contributed by atoms with Gasteiger partial charge in [0.2, 0.25) is 0 Å². The molecule has 0 aliphatic heterocycles. The molecule has 0 fully saturated rings. The van der Waals surface area contributed by atoms with Crippen LogP contribution in [0.3, 0.4) is 0 Å². The minimum Gasteiger partial charge on any atom is -0.381 e. The third-order valence-electron chi connectivity index (χ3n) is 2.89. The number of anilines is 1. The molecule has 88 valence electrons. The summed E-state index contributed by atoms with van der Waals surface area (Å²) in [6.07, 6.45) is 0. The highest BCUT2D eigenvalue weighted by Crippen LogP contribution is 2.14. The highest BCUT2D eigenvalue weighted by molar-refractivity contribution is 5.50. The average molecular weight is 226 g/mol. The molecule has 0 heterocycles. The molecule has 0 amide bonds. The zero-order valence-corrected chi connectivity index (χ0v) is 10.1. The van der Waals surface area contributed by atoms with Crippen molar-refractivity contribution in [3.8, 4) is 0 Å². The van der Waals surface area contributed by atoms with Crippen molar-refractivity contribution in [2.75, 3.05) is 5.32 Å². The fourth-order valence-corrected chi connectivity index (χ4v) is 1.76. The fourth-order valence-electron chi connectivity index (χ4n) is 1.76. The second kappa shape index (κ2) is 5.51. The summed E-state index contributed by atoms with van der Waals surface area (Å²) in [5.41, 5.74) is 10.5. The second-order valence-corrected chi connectivity index (χ2v) is 4.19. The predicted octanol–water partition coefficient (Wildman–Crippen LogP) is 3.07. The van der Waals surface area contributed by atoms with Gasteiger partial charge in [-0.05, 0) is 29.7 Å². The normalized spacial score (nSPS) is 10.2. The van der Waals surface area contributed by atoms with Crippen LogP contribution in [0.4, 0.5) is 5.69 Å². The Balaban J connectivity index is 2.00. The van der Waals surface area contributed by atoms with Gasteiger partial charge in [0.05, 0.1) is 0 Å². The van der Waals surface area contributed by atoms with E-state index in [2.05, 4.69) is 54.7 Å². The van der Waals surface area contributed by atoms with Gasteiger partial charge < -0.3 is 11.1 Å². The van der Waals surface area contributed by atoms with Crippen LogP contribution in [0.2, 0.25) is 0 Å². The van der Waals surface area contributed by atoms with E-state index in [-0.39, 0.29) is 0 Å². The first-order valence-electron chi connectivity index (χ1n) is 5.87. The third-order valence-corrected chi connectivity index (χ3v) is 2.89. The molecule has 0 unspecified atom stereocenters. The molecule has 0 saturated carbocycles. The van der Waals surface area contributed by atoms with Crippen molar-refractivity contribution in [3.05, 3.63) is 65.2 Å². The Kier molecular flexibility index (Phi) is 3.78. The first kappa shape index (κ1) is 11.7. The molecule has 2 nitrogen and oxygen atoms in total. The molecule has 0 aliphatic rings. The van der Waals surface area contributed by atoms with E-state index < -0.39 is 0 Å². The zero-order chi connectivity index (χ0) is 12.1. The molecule has 3 N–H and O–H groups in total. The molecular weight excluding hydrogens is 208 g/mol. The van der Waals surface area contributed by atoms with Crippen LogP contribution in [-0.2, 0) is 13.1 Å². The summed E-state index contributed by atoms with van der Waals surface area (Å²) >= 11 is 0. The predicted molar refractivity (Wildman–Crippen MR) is 72.8 cm³/mol. The largest absolute Gasteiger partial charge is 0.381 e. The maximum absolute atomic E-state index is 5.57. The van der Waals surface area contributed by atoms with Crippen LogP contribution < -0.4 is 11.1 Å². The van der Waals surface area contributed by atoms with Crippen molar-refractivity contribution < 1.29 is 0 Å². The molecule has 2 aromatic carbocycles. The first-order valence-corrected chi connectivity index (χ1v) is 5.87. The van der Waals surface area contributed by atoms with Crippen molar-refractivity contribution >= 4 is 5.69 Å². The molecule has 0 spiro atoms. The van der Waals surface area contributed by atoms with Gasteiger partial charge in [-0.3, -0.25) is 0 Å². The second-order valence-electron chi connectivity index (χ2n) is 4.19. The summed E-state index contributed by atoms with van der Waals surface area (Å²) in [5.74, 6) is 0. The molecular formula is C15H18N2. The minimum atomic E-state index is 0.603. The number of rotatable bonds is 4. The Bertz CT molecular complexity index is 475. The van der Waals surface area contributed by atoms with Gasteiger partial charge in [-0.15, -0.1) is 0 Å². The average Bonchev–Trinajstić information content (AvgIpc) is 2.38. The van der Waals surface area contributed by atoms with E-state index in [1.165, 1.54) is 22.4 Å². The highest BCUT2D eigenvalue weighted by atomic mass is 14.9. The van der Waals surface area contributed by atoms with Gasteiger partial charge in [0, 0.05) is 18.8 Å². The van der Waals surface area contributed by atoms with Gasteiger partial charge in [0.25, 0.3) is 0 Å². The standard InChI is InChI=1S/C15H18N2/c1-12-4-2-3-5-15(12)17-11-14-8-6-13(10-16)7-9-14/h2-9,17H,10-11,16H2,1H3. The number of nitrogens with one attached hydrogen (secondary N) is 1. The summed E-state index contributed by atoms with van der Waals surface area (Å²) in [7, 11) is 0. The van der Waals surface area contributed by atoms with E-state index >= 15 is 0 Å². The van der Waals surface area contributed by atoms with E-state index in [9.17, 15) is 0 Å². The van der Waals surface area contributed by atoms with Gasteiger partial charge in [0.1, 0.15) is 0 Å². The van der Waals surface area contributed by atoms with Crippen molar-refractivity contribution in [2.45, 2.75) is 20.0 Å². The molecule has 0 bridgehead atoms. The Morgan fingerprint density at radius 1 is 0.941 bits per heavy atom. The molecule has 0 radical (unpaired) electrons. The first-order chi connectivity index (χ1) is 8.29. The van der Waals surface area contributed by atoms with Gasteiger partial charge in [-0.1, -0.05) is 42.5 Å². The minimum absolute atomic E-state index is 0.603. The number of aryl methyl sites for hydroxylation is 1. The Morgan fingerprint density at radius 2 is 1.59 bits per heavy atom. The van der Waals surface area contributed by atoms with E-state index in [0.29, 0.717) is 6.54 Å². The van der Waals surface area contributed by atoms with Crippen LogP contribution >= 0.6 is 0 Å². The molecule has 0 aliphatic carbocycles. The number of hydrogen-bond donors (Lipinski definition) is 2. The van der Waals surface area contributed by atoms with Crippen LogP contribution in [-0.4, -0.2) is 0 Å². The molecule has 0 saturated heterocycles. The summed E-state index contributed by atoms with van der Waals surface area (Å²) < 4.78 is 0. The van der Waals surface area contributed by atoms with Crippen LogP contribution in [0.25, 0.3) is 0 Å². The molecule has 0 atom stereocenters. The lowest BCUT2D eigenvalue weighted by molar-refractivity contribution is 1.06. The fraction of sp³-hybridized carbons (Fsp3) is 0.200. The van der Waals surface area contributed by atoms with Crippen LogP contribution in [0.1, 0.15) is 16.7 Å². The Morgan fingerprint density at radius 3 is 2.24 bits per heavy atom. The molecule has 0 aromatic heterocycles. The lowest BCUT2D eigenvalue weighted by Crippen LogP contribution is -2.01. The third kappa shape index (κ3) is 3.08. The summed E-state index contributed by atoms with van der Waals surface area (Å²) in [5, 5.41) is 3.44. The summed E-state index contributed by atoms with van der Waals surface area (Å²) in [4.78, 5) is 0. The maximum atomic E-state index is 5.57. The van der Waals surface area contributed by atoms with Gasteiger partial charge in [0.15, 0.2) is 0 Å². The van der Waals surface area contributed by atoms with E-state index in [4.69, 9.17) is 5.73 Å². The van der Waals surface area contributed by atoms with Crippen molar-refractivity contribution in [2.24, 2.45) is 5.73 Å². The van der Waals surface area contributed by atoms with Crippen LogP contribution in [0.5, 0.6) is 0 Å². The van der Waals surface area contributed by atoms with Crippen LogP contribution in [0.15, 0.2) is 48.5 Å². The number of benzene rings is 2. The van der Waals surface area contributed by atoms with E-state index in [1.54, 1.807) is 0 Å². The molecule has 17 heavy (non-hydrogen) atoms. The Hall–Kier alpha value is -1.80. The topological polar surface area (TPSA) is 38.0 Å². The zero-order valence-electron chi connectivity index (χ0n) is 10.1. The highest BCUT2D eigenvalue weighted by Gasteiger charge is 1.97. The van der Waals surface area contributed by atoms with Gasteiger partial charge in [-0.25, -0.2) is 0 Å². The lowest BCUT2D eigenvalue weighted by atomic mass is 10.1.